The van der Waals surface area contributed by atoms with E-state index in [0.717, 1.165) is 23.4 Å². The largest absolute Gasteiger partial charge is 0.390 e. The lowest BCUT2D eigenvalue weighted by atomic mass is 10.00. The van der Waals surface area contributed by atoms with E-state index in [0.29, 0.717) is 35.9 Å². The monoisotopic (exact) mass is 466 g/mol. The third kappa shape index (κ3) is 5.34. The average Bonchev–Trinajstić information content (AvgIpc) is 2.84. The summed E-state index contributed by atoms with van der Waals surface area (Å²) in [7, 11) is 0. The minimum absolute atomic E-state index is 0.0129. The highest BCUT2D eigenvalue weighted by atomic mass is 35.5. The van der Waals surface area contributed by atoms with Crippen molar-refractivity contribution in [3.05, 3.63) is 94.3 Å². The summed E-state index contributed by atoms with van der Waals surface area (Å²) in [4.78, 5) is 20.2. The van der Waals surface area contributed by atoms with Gasteiger partial charge in [-0.05, 0) is 29.8 Å². The quantitative estimate of drug-likeness (QED) is 0.494. The standard InChI is InChI=1S/C25H27ClN4O3/c26-21-12-18(25(27)33)7-9-22(21)30-11-10-29(14-23(30)17-4-2-1-3-5-17)15-24(32)19-6-8-20(16-31)28-13-19/h1-9,12-13,23-24,31-32H,10-11,14-16H2,(H2,27,33)/t23-,24?/m0/s1. The van der Waals surface area contributed by atoms with Crippen LogP contribution in [0.3, 0.4) is 0 Å². The van der Waals surface area contributed by atoms with E-state index in [1.807, 2.05) is 24.3 Å². The van der Waals surface area contributed by atoms with Gasteiger partial charge < -0.3 is 20.8 Å². The number of aromatic nitrogens is 1. The lowest BCUT2D eigenvalue weighted by Crippen LogP contribution is -2.49. The zero-order valence-corrected chi connectivity index (χ0v) is 18.9. The molecule has 0 bridgehead atoms. The van der Waals surface area contributed by atoms with E-state index in [-0.39, 0.29) is 12.6 Å². The smallest absolute Gasteiger partial charge is 0.248 e. The van der Waals surface area contributed by atoms with Gasteiger partial charge in [0, 0.05) is 43.5 Å². The van der Waals surface area contributed by atoms with Crippen molar-refractivity contribution in [2.75, 3.05) is 31.1 Å². The Morgan fingerprint density at radius 1 is 1.15 bits per heavy atom. The summed E-state index contributed by atoms with van der Waals surface area (Å²) in [5.74, 6) is -0.511. The summed E-state index contributed by atoms with van der Waals surface area (Å²) in [6, 6.07) is 18.9. The molecule has 1 fully saturated rings. The predicted octanol–water partition coefficient (Wildman–Crippen LogP) is 2.92. The fourth-order valence-corrected chi connectivity index (χ4v) is 4.51. The number of piperazine rings is 1. The molecule has 0 aliphatic carbocycles. The fraction of sp³-hybridized carbons (Fsp3) is 0.280. The molecule has 172 valence electrons. The number of carbonyl (C=O) groups is 1. The molecule has 1 unspecified atom stereocenters. The number of anilines is 1. The van der Waals surface area contributed by atoms with E-state index in [1.54, 1.807) is 30.5 Å². The highest BCUT2D eigenvalue weighted by Crippen LogP contribution is 2.36. The van der Waals surface area contributed by atoms with Gasteiger partial charge in [-0.25, -0.2) is 0 Å². The van der Waals surface area contributed by atoms with Crippen LogP contribution in [0.4, 0.5) is 5.69 Å². The SMILES string of the molecule is NC(=O)c1ccc(N2CCN(CC(O)c3ccc(CO)nc3)C[C@H]2c2ccccc2)c(Cl)c1. The van der Waals surface area contributed by atoms with Crippen LogP contribution in [0.5, 0.6) is 0 Å². The van der Waals surface area contributed by atoms with Gasteiger partial charge in [0.25, 0.3) is 0 Å². The van der Waals surface area contributed by atoms with Crippen LogP contribution < -0.4 is 10.6 Å². The highest BCUT2D eigenvalue weighted by Gasteiger charge is 2.30. The van der Waals surface area contributed by atoms with Crippen LogP contribution in [0.15, 0.2) is 66.9 Å². The summed E-state index contributed by atoms with van der Waals surface area (Å²) in [6.07, 6.45) is 0.924. The number of aliphatic hydroxyl groups excluding tert-OH is 2. The van der Waals surface area contributed by atoms with Gasteiger partial charge >= 0.3 is 0 Å². The molecule has 33 heavy (non-hydrogen) atoms. The molecular formula is C25H27ClN4O3. The van der Waals surface area contributed by atoms with Crippen molar-refractivity contribution in [3.63, 3.8) is 0 Å². The first-order chi connectivity index (χ1) is 16.0. The zero-order valence-electron chi connectivity index (χ0n) is 18.1. The Balaban J connectivity index is 1.55. The molecule has 4 N–H and O–H groups in total. The average molecular weight is 467 g/mol. The number of rotatable bonds is 7. The molecule has 0 spiro atoms. The number of benzene rings is 2. The number of hydrogen-bond donors (Lipinski definition) is 3. The maximum Gasteiger partial charge on any atom is 0.248 e. The molecule has 1 aromatic heterocycles. The molecule has 0 saturated carbocycles. The summed E-state index contributed by atoms with van der Waals surface area (Å²) < 4.78 is 0. The number of β-amino-alcohol motifs (C(OH)–C–C–N with tert-alkyl or cyclic N) is 1. The molecule has 2 heterocycles. The number of carbonyl (C=O) groups excluding carboxylic acids is 1. The second kappa shape index (κ2) is 10.3. The molecular weight excluding hydrogens is 440 g/mol. The second-order valence-electron chi connectivity index (χ2n) is 8.17. The third-order valence-electron chi connectivity index (χ3n) is 6.02. The van der Waals surface area contributed by atoms with E-state index in [9.17, 15) is 15.0 Å². The van der Waals surface area contributed by atoms with E-state index in [1.165, 1.54) is 0 Å². The fourth-order valence-electron chi connectivity index (χ4n) is 4.22. The van der Waals surface area contributed by atoms with Crippen LogP contribution in [0.25, 0.3) is 0 Å². The Morgan fingerprint density at radius 3 is 2.58 bits per heavy atom. The van der Waals surface area contributed by atoms with Crippen molar-refractivity contribution in [2.45, 2.75) is 18.8 Å². The van der Waals surface area contributed by atoms with Gasteiger partial charge in [-0.3, -0.25) is 14.7 Å². The molecule has 8 heteroatoms. The lowest BCUT2D eigenvalue weighted by Gasteiger charge is -2.44. The molecule has 2 aromatic carbocycles. The number of halogens is 1. The molecule has 0 radical (unpaired) electrons. The maximum atomic E-state index is 11.5. The van der Waals surface area contributed by atoms with Gasteiger partial charge in [0.1, 0.15) is 0 Å². The Kier molecular flexibility index (Phi) is 7.25. The first kappa shape index (κ1) is 23.2. The molecule has 3 aromatic rings. The molecule has 1 amide bonds. The first-order valence-electron chi connectivity index (χ1n) is 10.8. The van der Waals surface area contributed by atoms with E-state index in [4.69, 9.17) is 17.3 Å². The Labute approximate surface area is 198 Å². The lowest BCUT2D eigenvalue weighted by molar-refractivity contribution is 0.0999. The molecule has 1 saturated heterocycles. The van der Waals surface area contributed by atoms with Crippen molar-refractivity contribution >= 4 is 23.2 Å². The number of hydrogen-bond acceptors (Lipinski definition) is 6. The summed E-state index contributed by atoms with van der Waals surface area (Å²) >= 11 is 6.56. The summed E-state index contributed by atoms with van der Waals surface area (Å²) in [5.41, 5.74) is 9.05. The molecule has 2 atom stereocenters. The van der Waals surface area contributed by atoms with Gasteiger partial charge in [-0.15, -0.1) is 0 Å². The van der Waals surface area contributed by atoms with Crippen molar-refractivity contribution in [1.82, 2.24) is 9.88 Å². The summed E-state index contributed by atoms with van der Waals surface area (Å²) in [6.45, 7) is 2.46. The summed E-state index contributed by atoms with van der Waals surface area (Å²) in [5, 5.41) is 20.4. The number of nitrogens with two attached hydrogens (primary N) is 1. The number of pyridine rings is 1. The van der Waals surface area contributed by atoms with Crippen LogP contribution >= 0.6 is 11.6 Å². The van der Waals surface area contributed by atoms with Crippen LogP contribution in [-0.2, 0) is 6.61 Å². The van der Waals surface area contributed by atoms with Crippen molar-refractivity contribution in [1.29, 1.82) is 0 Å². The molecule has 7 nitrogen and oxygen atoms in total. The van der Waals surface area contributed by atoms with Crippen LogP contribution in [0.2, 0.25) is 5.02 Å². The van der Waals surface area contributed by atoms with Gasteiger partial charge in [-0.1, -0.05) is 48.0 Å². The van der Waals surface area contributed by atoms with Gasteiger partial charge in [0.05, 0.1) is 35.2 Å². The van der Waals surface area contributed by atoms with Gasteiger partial charge in [-0.2, -0.15) is 0 Å². The van der Waals surface area contributed by atoms with Crippen molar-refractivity contribution in [2.24, 2.45) is 5.73 Å². The molecule has 1 aliphatic heterocycles. The first-order valence-corrected chi connectivity index (χ1v) is 11.2. The minimum atomic E-state index is -0.688. The third-order valence-corrected chi connectivity index (χ3v) is 6.32. The van der Waals surface area contributed by atoms with Gasteiger partial charge in [0.2, 0.25) is 5.91 Å². The zero-order chi connectivity index (χ0) is 23.4. The van der Waals surface area contributed by atoms with E-state index in [2.05, 4.69) is 26.9 Å². The topological polar surface area (TPSA) is 103 Å². The van der Waals surface area contributed by atoms with Gasteiger partial charge in [0.15, 0.2) is 0 Å². The van der Waals surface area contributed by atoms with Crippen LogP contribution in [0, 0.1) is 0 Å². The Bertz CT molecular complexity index is 1090. The van der Waals surface area contributed by atoms with E-state index >= 15 is 0 Å². The Hall–Kier alpha value is -2.97. The van der Waals surface area contributed by atoms with Crippen molar-refractivity contribution in [3.8, 4) is 0 Å². The Morgan fingerprint density at radius 2 is 1.94 bits per heavy atom. The highest BCUT2D eigenvalue weighted by molar-refractivity contribution is 6.33. The van der Waals surface area contributed by atoms with Crippen LogP contribution in [-0.4, -0.2) is 52.2 Å². The number of primary amides is 1. The maximum absolute atomic E-state index is 11.5. The minimum Gasteiger partial charge on any atom is -0.390 e. The molecule has 4 rings (SSSR count). The predicted molar refractivity (Wildman–Crippen MR) is 128 cm³/mol. The second-order valence-corrected chi connectivity index (χ2v) is 8.57. The number of amides is 1. The number of aliphatic hydroxyl groups is 2. The van der Waals surface area contributed by atoms with E-state index < -0.39 is 12.0 Å². The van der Waals surface area contributed by atoms with Crippen molar-refractivity contribution < 1.29 is 15.0 Å². The number of nitrogens with zero attached hydrogens (tertiary/aromatic N) is 3. The normalized spacial score (nSPS) is 17.7. The molecule has 1 aliphatic rings. The van der Waals surface area contributed by atoms with Crippen LogP contribution in [0.1, 0.15) is 39.3 Å².